The van der Waals surface area contributed by atoms with Crippen molar-refractivity contribution in [2.45, 2.75) is 57.9 Å². The highest BCUT2D eigenvalue weighted by atomic mass is 16.5. The van der Waals surface area contributed by atoms with Crippen LogP contribution in [0.15, 0.2) is 60.2 Å². The molecular formula is C29H35N3O5. The van der Waals surface area contributed by atoms with Crippen LogP contribution in [0.3, 0.4) is 0 Å². The molecule has 4 rings (SSSR count). The molecule has 0 spiro atoms. The zero-order valence-electron chi connectivity index (χ0n) is 21.6. The molecule has 1 saturated heterocycles. The van der Waals surface area contributed by atoms with Crippen molar-refractivity contribution >= 4 is 29.2 Å². The first kappa shape index (κ1) is 26.3. The molecule has 37 heavy (non-hydrogen) atoms. The third-order valence-electron chi connectivity index (χ3n) is 6.70. The molecule has 1 atom stereocenters. The molecule has 0 saturated carbocycles. The fourth-order valence-corrected chi connectivity index (χ4v) is 4.69. The highest BCUT2D eigenvalue weighted by Crippen LogP contribution is 2.30. The summed E-state index contributed by atoms with van der Waals surface area (Å²) in [5.41, 5.74) is 2.38. The Hall–Kier alpha value is -3.81. The van der Waals surface area contributed by atoms with Gasteiger partial charge < -0.3 is 19.7 Å². The number of hydrogen-bond donors (Lipinski definition) is 1. The first-order valence-corrected chi connectivity index (χ1v) is 13.0. The van der Waals surface area contributed by atoms with E-state index in [1.54, 1.807) is 60.5 Å². The Morgan fingerprint density at radius 1 is 1.03 bits per heavy atom. The fourth-order valence-electron chi connectivity index (χ4n) is 4.69. The standard InChI is InChI=1S/C29H35N3O5/c1-3-19-37-25-13-9-22(10-14-25)30-27(33)20-26-28(34)32(23-11-15-24(36-2)16-12-23)29(35)31(26)18-17-21-7-5-4-6-8-21/h7,9-16,26H,3-6,8,17-20H2,1-2H3,(H,30,33)/t26-/m0/s1. The largest absolute Gasteiger partial charge is 0.497 e. The molecule has 1 fully saturated rings. The molecule has 196 valence electrons. The summed E-state index contributed by atoms with van der Waals surface area (Å²) in [5, 5.41) is 2.85. The number of hydrogen-bond acceptors (Lipinski definition) is 5. The Bertz CT molecular complexity index is 1130. The molecule has 1 aliphatic heterocycles. The maximum atomic E-state index is 13.5. The lowest BCUT2D eigenvalue weighted by Crippen LogP contribution is -2.38. The normalized spacial score (nSPS) is 17.6. The van der Waals surface area contributed by atoms with Crippen LogP contribution in [0.25, 0.3) is 0 Å². The minimum Gasteiger partial charge on any atom is -0.497 e. The van der Waals surface area contributed by atoms with Crippen LogP contribution in [0, 0.1) is 0 Å². The van der Waals surface area contributed by atoms with Crippen molar-refractivity contribution in [3.63, 3.8) is 0 Å². The van der Waals surface area contributed by atoms with Crippen LogP contribution in [0.1, 0.15) is 51.9 Å². The maximum absolute atomic E-state index is 13.5. The average Bonchev–Trinajstić information content (AvgIpc) is 3.15. The lowest BCUT2D eigenvalue weighted by Gasteiger charge is -2.23. The monoisotopic (exact) mass is 505 g/mol. The van der Waals surface area contributed by atoms with E-state index in [1.165, 1.54) is 16.9 Å². The van der Waals surface area contributed by atoms with Crippen LogP contribution < -0.4 is 19.7 Å². The van der Waals surface area contributed by atoms with Gasteiger partial charge in [-0.15, -0.1) is 0 Å². The number of benzene rings is 2. The number of rotatable bonds is 11. The van der Waals surface area contributed by atoms with Crippen molar-refractivity contribution in [2.24, 2.45) is 0 Å². The van der Waals surface area contributed by atoms with E-state index in [0.717, 1.165) is 31.4 Å². The van der Waals surface area contributed by atoms with E-state index in [2.05, 4.69) is 11.4 Å². The summed E-state index contributed by atoms with van der Waals surface area (Å²) < 4.78 is 10.8. The average molecular weight is 506 g/mol. The molecule has 0 aromatic heterocycles. The number of allylic oxidation sites excluding steroid dienone is 1. The second-order valence-electron chi connectivity index (χ2n) is 9.35. The number of carbonyl (C=O) groups excluding carboxylic acids is 3. The van der Waals surface area contributed by atoms with Crippen LogP contribution >= 0.6 is 0 Å². The van der Waals surface area contributed by atoms with Crippen LogP contribution in [-0.4, -0.2) is 49.0 Å². The second kappa shape index (κ2) is 12.4. The van der Waals surface area contributed by atoms with E-state index in [0.29, 0.717) is 36.7 Å². The van der Waals surface area contributed by atoms with E-state index in [9.17, 15) is 14.4 Å². The molecule has 0 radical (unpaired) electrons. The van der Waals surface area contributed by atoms with E-state index >= 15 is 0 Å². The molecular weight excluding hydrogens is 470 g/mol. The summed E-state index contributed by atoms with van der Waals surface area (Å²) in [6.45, 7) is 3.06. The van der Waals surface area contributed by atoms with Gasteiger partial charge in [-0.1, -0.05) is 18.6 Å². The number of amides is 4. The number of urea groups is 1. The molecule has 2 aromatic carbocycles. The van der Waals surface area contributed by atoms with Gasteiger partial charge in [-0.25, -0.2) is 9.69 Å². The van der Waals surface area contributed by atoms with Crippen molar-refractivity contribution < 1.29 is 23.9 Å². The number of carbonyl (C=O) groups is 3. The number of nitrogens with zero attached hydrogens (tertiary/aromatic N) is 2. The molecule has 8 nitrogen and oxygen atoms in total. The van der Waals surface area contributed by atoms with Crippen molar-refractivity contribution in [2.75, 3.05) is 30.5 Å². The first-order chi connectivity index (χ1) is 18.0. The summed E-state index contributed by atoms with van der Waals surface area (Å²) in [6.07, 6.45) is 8.12. The molecule has 1 aliphatic carbocycles. The van der Waals surface area contributed by atoms with Gasteiger partial charge in [0, 0.05) is 12.2 Å². The molecule has 0 unspecified atom stereocenters. The maximum Gasteiger partial charge on any atom is 0.332 e. The fraction of sp³-hybridized carbons (Fsp3) is 0.414. The van der Waals surface area contributed by atoms with Gasteiger partial charge in [0.05, 0.1) is 25.8 Å². The Morgan fingerprint density at radius 2 is 1.76 bits per heavy atom. The Kier molecular flexibility index (Phi) is 8.82. The first-order valence-electron chi connectivity index (χ1n) is 13.0. The number of methoxy groups -OCH3 is 1. The lowest BCUT2D eigenvalue weighted by atomic mass is 9.97. The summed E-state index contributed by atoms with van der Waals surface area (Å²) >= 11 is 0. The van der Waals surface area contributed by atoms with E-state index in [-0.39, 0.29) is 12.3 Å². The highest BCUT2D eigenvalue weighted by Gasteiger charge is 2.46. The van der Waals surface area contributed by atoms with E-state index in [1.807, 2.05) is 6.92 Å². The van der Waals surface area contributed by atoms with Gasteiger partial charge in [0.25, 0.3) is 5.91 Å². The molecule has 0 bridgehead atoms. The quantitative estimate of drug-likeness (QED) is 0.320. The summed E-state index contributed by atoms with van der Waals surface area (Å²) in [4.78, 5) is 42.6. The molecule has 8 heteroatoms. The topological polar surface area (TPSA) is 88.2 Å². The molecule has 1 N–H and O–H groups in total. The third kappa shape index (κ3) is 6.50. The van der Waals surface area contributed by atoms with Crippen LogP contribution in [0.4, 0.5) is 16.2 Å². The number of nitrogens with one attached hydrogen (secondary N) is 1. The zero-order valence-corrected chi connectivity index (χ0v) is 21.6. The summed E-state index contributed by atoms with van der Waals surface area (Å²) in [7, 11) is 1.56. The van der Waals surface area contributed by atoms with Gasteiger partial charge in [-0.2, -0.15) is 0 Å². The minimum atomic E-state index is -0.869. The summed E-state index contributed by atoms with van der Waals surface area (Å²) in [6, 6.07) is 12.6. The van der Waals surface area contributed by atoms with Crippen LogP contribution in [0.2, 0.25) is 0 Å². The molecule has 2 aromatic rings. The summed E-state index contributed by atoms with van der Waals surface area (Å²) in [5.74, 6) is 0.638. The number of ether oxygens (including phenoxy) is 2. The van der Waals surface area contributed by atoms with Crippen molar-refractivity contribution in [3.05, 3.63) is 60.2 Å². The Labute approximate surface area is 218 Å². The van der Waals surface area contributed by atoms with E-state index in [4.69, 9.17) is 9.47 Å². The third-order valence-corrected chi connectivity index (χ3v) is 6.70. The Balaban J connectivity index is 1.48. The lowest BCUT2D eigenvalue weighted by molar-refractivity contribution is -0.124. The molecule has 1 heterocycles. The minimum absolute atomic E-state index is 0.121. The molecule has 2 aliphatic rings. The van der Waals surface area contributed by atoms with Gasteiger partial charge in [0.2, 0.25) is 5.91 Å². The van der Waals surface area contributed by atoms with Gasteiger partial charge in [0.1, 0.15) is 17.5 Å². The predicted molar refractivity (Wildman–Crippen MR) is 143 cm³/mol. The highest BCUT2D eigenvalue weighted by molar-refractivity contribution is 6.22. The van der Waals surface area contributed by atoms with Crippen molar-refractivity contribution in [1.29, 1.82) is 0 Å². The zero-order chi connectivity index (χ0) is 26.2. The van der Waals surface area contributed by atoms with Gasteiger partial charge in [-0.3, -0.25) is 9.59 Å². The predicted octanol–water partition coefficient (Wildman–Crippen LogP) is 5.54. The number of anilines is 2. The second-order valence-corrected chi connectivity index (χ2v) is 9.35. The van der Waals surface area contributed by atoms with E-state index < -0.39 is 18.0 Å². The van der Waals surface area contributed by atoms with Crippen molar-refractivity contribution in [1.82, 2.24) is 4.90 Å². The van der Waals surface area contributed by atoms with Crippen LogP contribution in [-0.2, 0) is 9.59 Å². The number of imide groups is 1. The van der Waals surface area contributed by atoms with Crippen molar-refractivity contribution in [3.8, 4) is 11.5 Å². The SMILES string of the molecule is CCCOc1ccc(NC(=O)C[C@H]2C(=O)N(c3ccc(OC)cc3)C(=O)N2CCC2=CCCCC2)cc1. The van der Waals surface area contributed by atoms with Gasteiger partial charge in [0.15, 0.2) is 0 Å². The Morgan fingerprint density at radius 3 is 2.41 bits per heavy atom. The van der Waals surface area contributed by atoms with Gasteiger partial charge in [-0.05, 0) is 87.1 Å². The smallest absolute Gasteiger partial charge is 0.332 e. The molecule has 4 amide bonds. The van der Waals surface area contributed by atoms with Crippen LogP contribution in [0.5, 0.6) is 11.5 Å². The van der Waals surface area contributed by atoms with Gasteiger partial charge >= 0.3 is 6.03 Å².